The number of amides is 1. The number of nitrogens with zero attached hydrogens (tertiary/aromatic N) is 7. The van der Waals surface area contributed by atoms with Crippen LogP contribution < -0.4 is 24.9 Å². The van der Waals surface area contributed by atoms with Crippen LogP contribution in [0.1, 0.15) is 44.9 Å². The van der Waals surface area contributed by atoms with Crippen molar-refractivity contribution in [1.82, 2.24) is 19.8 Å². The molecule has 59 heavy (non-hydrogen) atoms. The lowest BCUT2D eigenvalue weighted by Crippen LogP contribution is -2.67. The summed E-state index contributed by atoms with van der Waals surface area (Å²) in [7, 11) is -0.578. The summed E-state index contributed by atoms with van der Waals surface area (Å²) in [6.07, 6.45) is 3.16. The number of hydrogen-bond donors (Lipinski definition) is 0. The van der Waals surface area contributed by atoms with Gasteiger partial charge in [0, 0.05) is 55.4 Å². The second-order valence-electron chi connectivity index (χ2n) is 17.2. The molecule has 0 N–H and O–H groups in total. The molecule has 4 heterocycles. The molecule has 1 aromatic heterocycles. The summed E-state index contributed by atoms with van der Waals surface area (Å²) in [5, 5.41) is 14.6. The predicted octanol–water partition coefficient (Wildman–Crippen LogP) is 6.34. The van der Waals surface area contributed by atoms with Crippen LogP contribution in [0.5, 0.6) is 6.01 Å². The number of likely N-dealkylation sites (N-methyl/N-ethyl adjacent to an activating group) is 1. The molecule has 2 fully saturated rings. The molecule has 0 bridgehead atoms. The number of carbonyl (C=O) groups is 1. The molecule has 3 aliphatic rings. The fraction of sp³-hybridized carbons (Fsp3) is 0.375. The van der Waals surface area contributed by atoms with Crippen LogP contribution in [0.25, 0.3) is 10.8 Å². The molecule has 3 atom stereocenters. The quantitative estimate of drug-likeness (QED) is 0.112. The highest BCUT2D eigenvalue weighted by Gasteiger charge is 2.52. The molecule has 0 radical (unpaired) electrons. The number of fused-ring (bicyclic) bond motifs is 2. The lowest BCUT2D eigenvalue weighted by atomic mass is 10.0. The number of anilines is 2. The van der Waals surface area contributed by atoms with Gasteiger partial charge in [-0.15, -0.1) is 0 Å². The Balaban J connectivity index is 1.07. The fourth-order valence-corrected chi connectivity index (χ4v) is 14.2. The Bertz CT molecular complexity index is 2280. The van der Waals surface area contributed by atoms with Crippen LogP contribution in [0, 0.1) is 11.3 Å². The monoisotopic (exact) mass is 805 g/mol. The molecule has 4 aromatic carbocycles. The van der Waals surface area contributed by atoms with E-state index in [1.807, 2.05) is 0 Å². The lowest BCUT2D eigenvalue weighted by Gasteiger charge is -2.44. The number of piperazine rings is 1. The van der Waals surface area contributed by atoms with Crippen LogP contribution in [-0.4, -0.2) is 98.6 Å². The second-order valence-corrected chi connectivity index (χ2v) is 21.4. The molecular weight excluding hydrogens is 751 g/mol. The SMILES string of the molecule is C=CC(=O)N1CCN(c2nc(OC[C@H]3C[C@H](O[Si](c4ccccc4)(c4ccccc4)C(C)(C)C)CN3C)nc3c2CCN(c2cccc4ccccc24)C3)C[C@@H]1CC#N. The maximum absolute atomic E-state index is 12.8. The summed E-state index contributed by atoms with van der Waals surface area (Å²) in [5.41, 5.74) is 3.23. The summed E-state index contributed by atoms with van der Waals surface area (Å²) in [6.45, 7) is 14.9. The van der Waals surface area contributed by atoms with E-state index in [1.54, 1.807) is 4.90 Å². The van der Waals surface area contributed by atoms with Gasteiger partial charge in [-0.1, -0.05) is 124 Å². The summed E-state index contributed by atoms with van der Waals surface area (Å²) in [5.74, 6) is 0.686. The second kappa shape index (κ2) is 17.0. The summed E-state index contributed by atoms with van der Waals surface area (Å²) >= 11 is 0. The molecule has 0 unspecified atom stereocenters. The van der Waals surface area contributed by atoms with Crippen molar-refractivity contribution in [2.45, 2.75) is 69.8 Å². The molecule has 0 aliphatic carbocycles. The molecule has 10 nitrogen and oxygen atoms in total. The first-order chi connectivity index (χ1) is 28.6. The molecule has 2 saturated heterocycles. The van der Waals surface area contributed by atoms with Gasteiger partial charge in [0.2, 0.25) is 5.91 Å². The number of hydrogen-bond acceptors (Lipinski definition) is 9. The number of nitriles is 1. The normalized spacial score (nSPS) is 20.0. The largest absolute Gasteiger partial charge is 0.462 e. The van der Waals surface area contributed by atoms with Crippen molar-refractivity contribution in [2.75, 3.05) is 56.2 Å². The van der Waals surface area contributed by atoms with Crippen molar-refractivity contribution in [3.05, 3.63) is 127 Å². The Hall–Kier alpha value is -5.54. The van der Waals surface area contributed by atoms with E-state index in [0.29, 0.717) is 38.8 Å². The number of ether oxygens (including phenoxy) is 1. The van der Waals surface area contributed by atoms with Crippen LogP contribution in [0.2, 0.25) is 5.04 Å². The minimum atomic E-state index is -2.73. The Morgan fingerprint density at radius 2 is 1.58 bits per heavy atom. The minimum Gasteiger partial charge on any atom is -0.462 e. The summed E-state index contributed by atoms with van der Waals surface area (Å²) in [6, 6.07) is 39.1. The highest BCUT2D eigenvalue weighted by Crippen LogP contribution is 2.40. The average Bonchev–Trinajstić information content (AvgIpc) is 3.62. The zero-order valence-corrected chi connectivity index (χ0v) is 35.8. The van der Waals surface area contributed by atoms with E-state index < -0.39 is 8.32 Å². The lowest BCUT2D eigenvalue weighted by molar-refractivity contribution is -0.128. The first-order valence-electron chi connectivity index (χ1n) is 20.9. The van der Waals surface area contributed by atoms with Crippen molar-refractivity contribution in [2.24, 2.45) is 0 Å². The molecule has 0 saturated carbocycles. The van der Waals surface area contributed by atoms with Gasteiger partial charge in [-0.25, -0.2) is 0 Å². The molecule has 5 aromatic rings. The van der Waals surface area contributed by atoms with Crippen molar-refractivity contribution < 1.29 is 14.0 Å². The van der Waals surface area contributed by atoms with E-state index in [1.165, 1.54) is 32.9 Å². The third-order valence-electron chi connectivity index (χ3n) is 12.5. The van der Waals surface area contributed by atoms with Crippen LogP contribution in [0.4, 0.5) is 11.5 Å². The number of benzene rings is 4. The Morgan fingerprint density at radius 3 is 2.27 bits per heavy atom. The fourth-order valence-electron chi connectivity index (χ4n) is 9.56. The molecule has 3 aliphatic heterocycles. The maximum atomic E-state index is 12.8. The standard InChI is InChI=1S/C48H55N7O3Si/c1-6-45(56)55-29-28-54(31-36(55)24-26-49)46-42-25-27-53(44-23-15-17-35-16-13-14-22-41(35)44)33-43(42)50-47(51-46)57-34-37-30-38(32-52(37)5)58-59(48(2,3)4,39-18-9-7-10-19-39)40-20-11-8-12-21-40/h6-23,36-38H,1,24-25,27-34H2,2-5H3/t36-,37+,38-/m0/s1. The van der Waals surface area contributed by atoms with Crippen LogP contribution >= 0.6 is 0 Å². The molecule has 8 rings (SSSR count). The van der Waals surface area contributed by atoms with E-state index in [-0.39, 0.29) is 35.6 Å². The Kier molecular flexibility index (Phi) is 11.6. The van der Waals surface area contributed by atoms with Crippen LogP contribution in [0.15, 0.2) is 116 Å². The summed E-state index contributed by atoms with van der Waals surface area (Å²) < 4.78 is 14.2. The zero-order chi connectivity index (χ0) is 41.1. The minimum absolute atomic E-state index is 0.0146. The Labute approximate surface area is 349 Å². The maximum Gasteiger partial charge on any atom is 0.318 e. The highest BCUT2D eigenvalue weighted by atomic mass is 28.4. The van der Waals surface area contributed by atoms with Crippen molar-refractivity contribution in [3.8, 4) is 12.1 Å². The van der Waals surface area contributed by atoms with Crippen LogP contribution in [0.3, 0.4) is 0 Å². The van der Waals surface area contributed by atoms with Gasteiger partial charge in [-0.05, 0) is 52.8 Å². The van der Waals surface area contributed by atoms with Gasteiger partial charge in [-0.3, -0.25) is 9.69 Å². The van der Waals surface area contributed by atoms with Gasteiger partial charge in [-0.2, -0.15) is 15.2 Å². The third-order valence-corrected chi connectivity index (χ3v) is 17.6. The van der Waals surface area contributed by atoms with Gasteiger partial charge >= 0.3 is 6.01 Å². The van der Waals surface area contributed by atoms with E-state index in [2.05, 4.69) is 158 Å². The first-order valence-corrected chi connectivity index (χ1v) is 22.8. The van der Waals surface area contributed by atoms with Gasteiger partial charge in [0.15, 0.2) is 0 Å². The van der Waals surface area contributed by atoms with E-state index in [9.17, 15) is 10.1 Å². The van der Waals surface area contributed by atoms with Gasteiger partial charge < -0.3 is 23.9 Å². The van der Waals surface area contributed by atoms with E-state index in [0.717, 1.165) is 43.0 Å². The number of carbonyl (C=O) groups excluding carboxylic acids is 1. The topological polar surface area (TPSA) is 98.1 Å². The van der Waals surface area contributed by atoms with E-state index >= 15 is 0 Å². The molecular formula is C48H55N7O3Si. The Morgan fingerprint density at radius 1 is 0.881 bits per heavy atom. The van der Waals surface area contributed by atoms with Crippen LogP contribution in [-0.2, 0) is 22.2 Å². The first kappa shape index (κ1) is 40.2. The third kappa shape index (κ3) is 7.97. The van der Waals surface area contributed by atoms with Gasteiger partial charge in [0.05, 0.1) is 36.9 Å². The van der Waals surface area contributed by atoms with Crippen molar-refractivity contribution >= 4 is 46.9 Å². The molecule has 0 spiro atoms. The van der Waals surface area contributed by atoms with Gasteiger partial charge in [0.25, 0.3) is 8.32 Å². The predicted molar refractivity (Wildman–Crippen MR) is 238 cm³/mol. The van der Waals surface area contributed by atoms with Crippen molar-refractivity contribution in [3.63, 3.8) is 0 Å². The highest BCUT2D eigenvalue weighted by molar-refractivity contribution is 6.99. The van der Waals surface area contributed by atoms with Crippen molar-refractivity contribution in [1.29, 1.82) is 5.26 Å². The summed E-state index contributed by atoms with van der Waals surface area (Å²) in [4.78, 5) is 31.8. The average molecular weight is 806 g/mol. The number of rotatable bonds is 11. The number of aromatic nitrogens is 2. The molecule has 304 valence electrons. The van der Waals surface area contributed by atoms with Gasteiger partial charge in [0.1, 0.15) is 12.4 Å². The zero-order valence-electron chi connectivity index (χ0n) is 34.8. The smallest absolute Gasteiger partial charge is 0.318 e. The van der Waals surface area contributed by atoms with E-state index in [4.69, 9.17) is 19.1 Å². The number of likely N-dealkylation sites (tertiary alicyclic amines) is 1. The molecule has 1 amide bonds. The molecule has 11 heteroatoms.